The highest BCUT2D eigenvalue weighted by molar-refractivity contribution is 5.83. The molecule has 0 aliphatic carbocycles. The molecule has 1 N–H and O–H groups in total. The Morgan fingerprint density at radius 3 is 2.71 bits per heavy atom. The fourth-order valence-corrected chi connectivity index (χ4v) is 1.98. The molecular weight excluding hydrogens is 266 g/mol. The van der Waals surface area contributed by atoms with Gasteiger partial charge in [0.2, 0.25) is 11.8 Å². The number of hydrogen-bond donors (Lipinski definition) is 1. The Kier molecular flexibility index (Phi) is 4.87. The third-order valence-electron chi connectivity index (χ3n) is 3.25. The Hall–Kier alpha value is -2.43. The van der Waals surface area contributed by atoms with E-state index in [1.54, 1.807) is 13.3 Å². The second kappa shape index (κ2) is 6.83. The van der Waals surface area contributed by atoms with Gasteiger partial charge in [0.1, 0.15) is 5.69 Å². The molecule has 1 atom stereocenters. The van der Waals surface area contributed by atoms with Gasteiger partial charge in [-0.1, -0.05) is 30.3 Å². The van der Waals surface area contributed by atoms with Crippen LogP contribution in [0.25, 0.3) is 0 Å². The van der Waals surface area contributed by atoms with E-state index in [0.29, 0.717) is 18.1 Å². The summed E-state index contributed by atoms with van der Waals surface area (Å²) in [5, 5.41) is 2.87. The Morgan fingerprint density at radius 2 is 2.05 bits per heavy atom. The fourth-order valence-electron chi connectivity index (χ4n) is 1.98. The number of aryl methyl sites for hydroxylation is 1. The number of methoxy groups -OCH3 is 1. The lowest BCUT2D eigenvalue weighted by Crippen LogP contribution is -2.28. The molecule has 0 radical (unpaired) electrons. The first-order valence-corrected chi connectivity index (χ1v) is 6.81. The normalized spacial score (nSPS) is 11.8. The van der Waals surface area contributed by atoms with Crippen LogP contribution >= 0.6 is 0 Å². The van der Waals surface area contributed by atoms with E-state index in [9.17, 15) is 4.79 Å². The molecule has 1 amide bonds. The zero-order valence-corrected chi connectivity index (χ0v) is 12.5. The Balaban J connectivity index is 2.01. The summed E-state index contributed by atoms with van der Waals surface area (Å²) < 4.78 is 5.18. The maximum Gasteiger partial charge on any atom is 0.237 e. The van der Waals surface area contributed by atoms with Crippen molar-refractivity contribution >= 4 is 5.91 Å². The molecule has 110 valence electrons. The molecule has 1 aromatic heterocycles. The van der Waals surface area contributed by atoms with E-state index in [0.717, 1.165) is 11.3 Å². The van der Waals surface area contributed by atoms with Crippen molar-refractivity contribution in [1.29, 1.82) is 0 Å². The van der Waals surface area contributed by atoms with E-state index in [2.05, 4.69) is 15.3 Å². The van der Waals surface area contributed by atoms with Crippen molar-refractivity contribution in [2.45, 2.75) is 26.3 Å². The molecule has 1 aromatic carbocycles. The number of hydrogen-bond acceptors (Lipinski definition) is 4. The van der Waals surface area contributed by atoms with E-state index < -0.39 is 0 Å². The van der Waals surface area contributed by atoms with Crippen LogP contribution in [-0.4, -0.2) is 23.0 Å². The molecule has 0 aliphatic rings. The number of rotatable bonds is 5. The second-order valence-electron chi connectivity index (χ2n) is 4.82. The van der Waals surface area contributed by atoms with Crippen LogP contribution in [0.2, 0.25) is 0 Å². The van der Waals surface area contributed by atoms with Gasteiger partial charge in [0.25, 0.3) is 0 Å². The van der Waals surface area contributed by atoms with Gasteiger partial charge in [0.15, 0.2) is 0 Å². The molecule has 5 heteroatoms. The van der Waals surface area contributed by atoms with Crippen LogP contribution in [-0.2, 0) is 11.3 Å². The van der Waals surface area contributed by atoms with Crippen molar-refractivity contribution in [3.8, 4) is 5.88 Å². The number of nitrogens with one attached hydrogen (secondary N) is 1. The third kappa shape index (κ3) is 3.78. The van der Waals surface area contributed by atoms with E-state index in [1.807, 2.05) is 44.2 Å². The van der Waals surface area contributed by atoms with Gasteiger partial charge in [-0.25, -0.2) is 4.98 Å². The first kappa shape index (κ1) is 15.0. The summed E-state index contributed by atoms with van der Waals surface area (Å²) in [6.45, 7) is 4.02. The van der Waals surface area contributed by atoms with E-state index in [4.69, 9.17) is 4.74 Å². The number of nitrogens with zero attached hydrogens (tertiary/aromatic N) is 2. The lowest BCUT2D eigenvalue weighted by atomic mass is 10.0. The molecule has 0 fully saturated rings. The smallest absolute Gasteiger partial charge is 0.237 e. The minimum absolute atomic E-state index is 0.0503. The van der Waals surface area contributed by atoms with Crippen LogP contribution in [0.4, 0.5) is 0 Å². The number of carbonyl (C=O) groups is 1. The number of aromatic nitrogens is 2. The molecule has 0 spiro atoms. The van der Waals surface area contributed by atoms with Gasteiger partial charge in [-0.3, -0.25) is 9.78 Å². The minimum atomic E-state index is -0.212. The maximum atomic E-state index is 12.2. The highest BCUT2D eigenvalue weighted by Crippen LogP contribution is 2.16. The first-order chi connectivity index (χ1) is 10.1. The molecule has 21 heavy (non-hydrogen) atoms. The van der Waals surface area contributed by atoms with Crippen LogP contribution in [0.15, 0.2) is 36.5 Å². The quantitative estimate of drug-likeness (QED) is 0.915. The molecule has 1 heterocycles. The monoisotopic (exact) mass is 285 g/mol. The van der Waals surface area contributed by atoms with Crippen LogP contribution < -0.4 is 10.1 Å². The summed E-state index contributed by atoms with van der Waals surface area (Å²) in [7, 11) is 1.54. The highest BCUT2D eigenvalue weighted by Gasteiger charge is 2.16. The Labute approximate surface area is 124 Å². The summed E-state index contributed by atoms with van der Waals surface area (Å²) in [6.07, 6.45) is 1.66. The summed E-state index contributed by atoms with van der Waals surface area (Å²) in [5.74, 6) is 0.184. The molecule has 2 aromatic rings. The minimum Gasteiger partial charge on any atom is -0.480 e. The molecule has 0 saturated carbocycles. The molecule has 0 saturated heterocycles. The molecule has 0 unspecified atom stereocenters. The van der Waals surface area contributed by atoms with Crippen molar-refractivity contribution in [2.24, 2.45) is 0 Å². The van der Waals surface area contributed by atoms with E-state index >= 15 is 0 Å². The van der Waals surface area contributed by atoms with Crippen LogP contribution in [0.3, 0.4) is 0 Å². The summed E-state index contributed by atoms with van der Waals surface area (Å²) >= 11 is 0. The maximum absolute atomic E-state index is 12.2. The lowest BCUT2D eigenvalue weighted by Gasteiger charge is -2.13. The van der Waals surface area contributed by atoms with Gasteiger partial charge in [-0.05, 0) is 19.4 Å². The number of carbonyl (C=O) groups excluding carboxylic acids is 1. The van der Waals surface area contributed by atoms with Gasteiger partial charge in [-0.15, -0.1) is 0 Å². The summed E-state index contributed by atoms with van der Waals surface area (Å²) in [4.78, 5) is 20.7. The average molecular weight is 285 g/mol. The molecule has 0 bridgehead atoms. The topological polar surface area (TPSA) is 64.1 Å². The summed E-state index contributed by atoms with van der Waals surface area (Å²) in [5.41, 5.74) is 2.38. The summed E-state index contributed by atoms with van der Waals surface area (Å²) in [6, 6.07) is 9.66. The van der Waals surface area contributed by atoms with Crippen LogP contribution in [0.5, 0.6) is 5.88 Å². The van der Waals surface area contributed by atoms with Crippen molar-refractivity contribution in [1.82, 2.24) is 15.3 Å². The van der Waals surface area contributed by atoms with Crippen molar-refractivity contribution < 1.29 is 9.53 Å². The van der Waals surface area contributed by atoms with Crippen molar-refractivity contribution in [3.05, 3.63) is 53.5 Å². The van der Waals surface area contributed by atoms with Crippen LogP contribution in [0, 0.1) is 6.92 Å². The van der Waals surface area contributed by atoms with Gasteiger partial charge in [0.05, 0.1) is 25.3 Å². The van der Waals surface area contributed by atoms with Gasteiger partial charge in [-0.2, -0.15) is 0 Å². The predicted octanol–water partition coefficient (Wildman–Crippen LogP) is 2.21. The molecule has 0 aliphatic heterocycles. The molecule has 2 rings (SSSR count). The average Bonchev–Trinajstić information content (AvgIpc) is 2.53. The van der Waals surface area contributed by atoms with Gasteiger partial charge in [0, 0.05) is 6.20 Å². The largest absolute Gasteiger partial charge is 0.480 e. The fraction of sp³-hybridized carbons (Fsp3) is 0.312. The molecular formula is C16H19N3O2. The molecule has 5 nitrogen and oxygen atoms in total. The first-order valence-electron chi connectivity index (χ1n) is 6.81. The predicted molar refractivity (Wildman–Crippen MR) is 80.0 cm³/mol. The third-order valence-corrected chi connectivity index (χ3v) is 3.25. The van der Waals surface area contributed by atoms with Crippen molar-refractivity contribution in [2.75, 3.05) is 7.11 Å². The number of benzene rings is 1. The van der Waals surface area contributed by atoms with Gasteiger partial charge < -0.3 is 10.1 Å². The van der Waals surface area contributed by atoms with E-state index in [-0.39, 0.29) is 11.8 Å². The zero-order valence-electron chi connectivity index (χ0n) is 12.5. The van der Waals surface area contributed by atoms with E-state index in [1.165, 1.54) is 0 Å². The SMILES string of the molecule is COc1nc(C)cnc1CNC(=O)[C@H](C)c1ccccc1. The van der Waals surface area contributed by atoms with Crippen LogP contribution in [0.1, 0.15) is 29.8 Å². The Bertz CT molecular complexity index is 614. The number of amides is 1. The lowest BCUT2D eigenvalue weighted by molar-refractivity contribution is -0.122. The Morgan fingerprint density at radius 1 is 1.33 bits per heavy atom. The van der Waals surface area contributed by atoms with Gasteiger partial charge >= 0.3 is 0 Å². The zero-order chi connectivity index (χ0) is 15.2. The second-order valence-corrected chi connectivity index (χ2v) is 4.82. The number of ether oxygens (including phenoxy) is 1. The van der Waals surface area contributed by atoms with Crippen molar-refractivity contribution in [3.63, 3.8) is 0 Å². The standard InChI is InChI=1S/C16H19N3O2/c1-11-9-17-14(16(19-11)21-3)10-18-15(20)12(2)13-7-5-4-6-8-13/h4-9,12H,10H2,1-3H3,(H,18,20)/t12-/m1/s1. The highest BCUT2D eigenvalue weighted by atomic mass is 16.5.